The number of ether oxygens (including phenoxy) is 1. The van der Waals surface area contributed by atoms with Gasteiger partial charge in [-0.2, -0.15) is 0 Å². The van der Waals surface area contributed by atoms with Gasteiger partial charge in [0.1, 0.15) is 6.61 Å². The van der Waals surface area contributed by atoms with E-state index in [4.69, 9.17) is 0 Å². The predicted molar refractivity (Wildman–Crippen MR) is 60.0 cm³/mol. The number of hydrogen-bond donors (Lipinski definition) is 2. The molecule has 100 valence electrons. The zero-order valence-electron chi connectivity index (χ0n) is 10.0. The zero-order chi connectivity index (χ0) is 12.7. The largest absolute Gasteiger partial charge is 0.375 e. The molecule has 1 saturated heterocycles. The lowest BCUT2D eigenvalue weighted by Crippen LogP contribution is -2.48. The molecular formula is C11H20F2N2O2. The Kier molecular flexibility index (Phi) is 6.36. The molecule has 2 unspecified atom stereocenters. The second-order valence-electron chi connectivity index (χ2n) is 4.36. The molecule has 2 atom stereocenters. The highest BCUT2D eigenvalue weighted by molar-refractivity contribution is 5.76. The molecule has 1 aliphatic rings. The van der Waals surface area contributed by atoms with Crippen LogP contribution in [0.5, 0.6) is 0 Å². The molecule has 0 bridgehead atoms. The number of halogens is 2. The Hall–Kier alpha value is -0.750. The first kappa shape index (κ1) is 14.3. The van der Waals surface area contributed by atoms with Gasteiger partial charge in [-0.3, -0.25) is 4.79 Å². The van der Waals surface area contributed by atoms with Crippen LogP contribution >= 0.6 is 0 Å². The molecule has 2 N–H and O–H groups in total. The minimum Gasteiger partial charge on any atom is -0.375 e. The first-order chi connectivity index (χ1) is 8.09. The Morgan fingerprint density at radius 2 is 2.35 bits per heavy atom. The Morgan fingerprint density at radius 3 is 3.00 bits per heavy atom. The third-order valence-electron chi connectivity index (χ3n) is 2.85. The minimum atomic E-state index is -2.47. The van der Waals surface area contributed by atoms with E-state index in [-0.39, 0.29) is 25.0 Å². The third-order valence-corrected chi connectivity index (χ3v) is 2.85. The van der Waals surface area contributed by atoms with E-state index >= 15 is 0 Å². The van der Waals surface area contributed by atoms with E-state index in [1.807, 2.05) is 0 Å². The fourth-order valence-corrected chi connectivity index (χ4v) is 1.84. The van der Waals surface area contributed by atoms with Crippen molar-refractivity contribution in [2.45, 2.75) is 32.2 Å². The molecule has 17 heavy (non-hydrogen) atoms. The fraction of sp³-hybridized carbons (Fsp3) is 0.909. The van der Waals surface area contributed by atoms with Gasteiger partial charge in [0.05, 0.1) is 6.61 Å². The zero-order valence-corrected chi connectivity index (χ0v) is 10.0. The van der Waals surface area contributed by atoms with Crippen molar-refractivity contribution in [2.24, 2.45) is 5.92 Å². The van der Waals surface area contributed by atoms with Crippen molar-refractivity contribution in [1.82, 2.24) is 10.6 Å². The molecular weight excluding hydrogens is 230 g/mol. The molecule has 0 saturated carbocycles. The van der Waals surface area contributed by atoms with Crippen LogP contribution in [0.3, 0.4) is 0 Å². The minimum absolute atomic E-state index is 0.0511. The summed E-state index contributed by atoms with van der Waals surface area (Å²) in [5, 5.41) is 6.15. The highest BCUT2D eigenvalue weighted by atomic mass is 19.3. The van der Waals surface area contributed by atoms with E-state index in [0.717, 1.165) is 19.5 Å². The summed E-state index contributed by atoms with van der Waals surface area (Å²) in [5.41, 5.74) is 0. The molecule has 0 aromatic heterocycles. The molecule has 1 aliphatic heterocycles. The van der Waals surface area contributed by atoms with Crippen LogP contribution in [0.1, 0.15) is 19.8 Å². The van der Waals surface area contributed by atoms with Crippen LogP contribution in [-0.4, -0.2) is 44.7 Å². The van der Waals surface area contributed by atoms with Crippen molar-refractivity contribution in [1.29, 1.82) is 0 Å². The molecule has 6 heteroatoms. The van der Waals surface area contributed by atoms with Gasteiger partial charge in [-0.1, -0.05) is 6.92 Å². The van der Waals surface area contributed by atoms with Crippen LogP contribution in [0.25, 0.3) is 0 Å². The lowest BCUT2D eigenvalue weighted by molar-refractivity contribution is -0.123. The number of hydrogen-bond acceptors (Lipinski definition) is 3. The van der Waals surface area contributed by atoms with Gasteiger partial charge >= 0.3 is 0 Å². The maximum atomic E-state index is 11.8. The van der Waals surface area contributed by atoms with Gasteiger partial charge in [0, 0.05) is 12.5 Å². The number of piperidine rings is 1. The molecule has 0 radical (unpaired) electrons. The maximum Gasteiger partial charge on any atom is 0.261 e. The van der Waals surface area contributed by atoms with Crippen LogP contribution in [-0.2, 0) is 9.53 Å². The second kappa shape index (κ2) is 7.55. The average Bonchev–Trinajstić information content (AvgIpc) is 2.27. The van der Waals surface area contributed by atoms with Crippen LogP contribution in [0.2, 0.25) is 0 Å². The molecule has 0 spiro atoms. The van der Waals surface area contributed by atoms with Crippen molar-refractivity contribution in [3.05, 3.63) is 0 Å². The van der Waals surface area contributed by atoms with Crippen molar-refractivity contribution >= 4 is 5.91 Å². The van der Waals surface area contributed by atoms with Crippen LogP contribution in [0.4, 0.5) is 8.78 Å². The van der Waals surface area contributed by atoms with Crippen LogP contribution < -0.4 is 10.6 Å². The molecule has 1 rings (SSSR count). The van der Waals surface area contributed by atoms with E-state index in [0.29, 0.717) is 5.92 Å². The first-order valence-electron chi connectivity index (χ1n) is 5.95. The summed E-state index contributed by atoms with van der Waals surface area (Å²) in [4.78, 5) is 11.5. The number of amides is 1. The topological polar surface area (TPSA) is 50.4 Å². The summed E-state index contributed by atoms with van der Waals surface area (Å²) in [5.74, 6) is 0.271. The molecule has 1 fully saturated rings. The summed E-state index contributed by atoms with van der Waals surface area (Å²) < 4.78 is 28.2. The van der Waals surface area contributed by atoms with Gasteiger partial charge in [0.25, 0.3) is 6.43 Å². The van der Waals surface area contributed by atoms with Crippen molar-refractivity contribution in [2.75, 3.05) is 26.3 Å². The van der Waals surface area contributed by atoms with E-state index < -0.39 is 13.0 Å². The van der Waals surface area contributed by atoms with E-state index in [1.54, 1.807) is 0 Å². The van der Waals surface area contributed by atoms with E-state index in [9.17, 15) is 13.6 Å². The third kappa shape index (κ3) is 5.93. The molecule has 0 aromatic rings. The normalized spacial score (nSPS) is 24.9. The van der Waals surface area contributed by atoms with Gasteiger partial charge in [-0.25, -0.2) is 8.78 Å². The number of rotatable bonds is 6. The SMILES string of the molecule is CC1CNCCC1NC(=O)CCOCC(F)F. The van der Waals surface area contributed by atoms with E-state index in [2.05, 4.69) is 22.3 Å². The summed E-state index contributed by atoms with van der Waals surface area (Å²) in [6.45, 7) is 3.32. The van der Waals surface area contributed by atoms with Crippen molar-refractivity contribution < 1.29 is 18.3 Å². The highest BCUT2D eigenvalue weighted by Gasteiger charge is 2.22. The van der Waals surface area contributed by atoms with Gasteiger partial charge in [0.2, 0.25) is 5.91 Å². The Balaban J connectivity index is 2.11. The van der Waals surface area contributed by atoms with E-state index in [1.165, 1.54) is 0 Å². The number of carbonyl (C=O) groups excluding carboxylic acids is 1. The Labute approximate surface area is 100 Å². The monoisotopic (exact) mass is 250 g/mol. The van der Waals surface area contributed by atoms with Gasteiger partial charge in [-0.05, 0) is 25.4 Å². The molecule has 1 heterocycles. The maximum absolute atomic E-state index is 11.8. The molecule has 0 aromatic carbocycles. The summed E-state index contributed by atoms with van der Waals surface area (Å²) in [7, 11) is 0. The smallest absolute Gasteiger partial charge is 0.261 e. The summed E-state index contributed by atoms with van der Waals surface area (Å²) >= 11 is 0. The molecule has 0 aliphatic carbocycles. The van der Waals surface area contributed by atoms with Crippen molar-refractivity contribution in [3.63, 3.8) is 0 Å². The standard InChI is InChI=1S/C11H20F2N2O2/c1-8-6-14-4-2-9(8)15-11(16)3-5-17-7-10(12)13/h8-10,14H,2-7H2,1H3,(H,15,16). The van der Waals surface area contributed by atoms with Crippen LogP contribution in [0, 0.1) is 5.92 Å². The predicted octanol–water partition coefficient (Wildman–Crippen LogP) is 0.772. The summed E-state index contributed by atoms with van der Waals surface area (Å²) in [6.07, 6.45) is -1.42. The lowest BCUT2D eigenvalue weighted by atomic mass is 9.95. The lowest BCUT2D eigenvalue weighted by Gasteiger charge is -2.30. The Morgan fingerprint density at radius 1 is 1.59 bits per heavy atom. The Bertz CT molecular complexity index is 240. The average molecular weight is 250 g/mol. The van der Waals surface area contributed by atoms with Crippen molar-refractivity contribution in [3.8, 4) is 0 Å². The number of carbonyl (C=O) groups is 1. The van der Waals surface area contributed by atoms with Crippen LogP contribution in [0.15, 0.2) is 0 Å². The number of nitrogens with one attached hydrogen (secondary N) is 2. The van der Waals surface area contributed by atoms with Gasteiger partial charge in [-0.15, -0.1) is 0 Å². The van der Waals surface area contributed by atoms with Gasteiger partial charge in [0.15, 0.2) is 0 Å². The highest BCUT2D eigenvalue weighted by Crippen LogP contribution is 2.10. The second-order valence-corrected chi connectivity index (χ2v) is 4.36. The molecule has 4 nitrogen and oxygen atoms in total. The fourth-order valence-electron chi connectivity index (χ4n) is 1.84. The number of alkyl halides is 2. The first-order valence-corrected chi connectivity index (χ1v) is 5.95. The summed E-state index contributed by atoms with van der Waals surface area (Å²) in [6, 6.07) is 0.179. The van der Waals surface area contributed by atoms with Gasteiger partial charge < -0.3 is 15.4 Å². The molecule has 1 amide bonds. The quantitative estimate of drug-likeness (QED) is 0.685.